The van der Waals surface area contributed by atoms with Crippen LogP contribution in [0.5, 0.6) is 0 Å². The highest BCUT2D eigenvalue weighted by Crippen LogP contribution is 2.29. The molecule has 2 aromatic heterocycles. The molecule has 2 unspecified atom stereocenters. The quantitative estimate of drug-likeness (QED) is 0.541. The summed E-state index contributed by atoms with van der Waals surface area (Å²) >= 11 is 1.45. The lowest BCUT2D eigenvalue weighted by Crippen LogP contribution is -2.46. The zero-order valence-electron chi connectivity index (χ0n) is 15.4. The molecule has 0 bridgehead atoms. The van der Waals surface area contributed by atoms with Gasteiger partial charge in [0, 0.05) is 19.1 Å². The summed E-state index contributed by atoms with van der Waals surface area (Å²) in [5.41, 5.74) is 0. The molecule has 1 amide bonds. The lowest BCUT2D eigenvalue weighted by atomic mass is 10.00. The molecule has 3 rings (SSSR count). The van der Waals surface area contributed by atoms with Crippen molar-refractivity contribution in [3.05, 3.63) is 31.1 Å². The maximum Gasteiger partial charge on any atom is 0.236 e. The fourth-order valence-electron chi connectivity index (χ4n) is 3.41. The molecule has 0 N–H and O–H groups in total. The largest absolute Gasteiger partial charge is 0.461 e. The number of carbonyl (C=O) groups is 1. The molecular formula is C19H26N4O2S. The van der Waals surface area contributed by atoms with Gasteiger partial charge in [0.05, 0.1) is 11.5 Å². The predicted molar refractivity (Wildman–Crippen MR) is 103 cm³/mol. The van der Waals surface area contributed by atoms with Gasteiger partial charge in [-0.05, 0) is 44.7 Å². The van der Waals surface area contributed by atoms with Crippen molar-refractivity contribution in [2.75, 3.05) is 6.54 Å². The van der Waals surface area contributed by atoms with E-state index in [-0.39, 0.29) is 11.2 Å². The second kappa shape index (κ2) is 8.58. The van der Waals surface area contributed by atoms with Gasteiger partial charge in [0.2, 0.25) is 11.7 Å². The van der Waals surface area contributed by atoms with Gasteiger partial charge in [-0.25, -0.2) is 0 Å². The fraction of sp³-hybridized carbons (Fsp3) is 0.526. The van der Waals surface area contributed by atoms with Crippen molar-refractivity contribution in [1.29, 1.82) is 0 Å². The van der Waals surface area contributed by atoms with Crippen molar-refractivity contribution in [3.8, 4) is 11.6 Å². The van der Waals surface area contributed by atoms with Crippen molar-refractivity contribution >= 4 is 17.7 Å². The van der Waals surface area contributed by atoms with E-state index in [1.165, 1.54) is 18.2 Å². The van der Waals surface area contributed by atoms with Crippen LogP contribution in [0.1, 0.15) is 39.5 Å². The number of aromatic nitrogens is 3. The fourth-order valence-corrected chi connectivity index (χ4v) is 4.34. The van der Waals surface area contributed by atoms with Gasteiger partial charge >= 0.3 is 0 Å². The molecule has 2 atom stereocenters. The number of thioether (sulfide) groups is 1. The Morgan fingerprint density at radius 3 is 3.04 bits per heavy atom. The topological polar surface area (TPSA) is 64.2 Å². The van der Waals surface area contributed by atoms with E-state index in [2.05, 4.69) is 28.6 Å². The lowest BCUT2D eigenvalue weighted by molar-refractivity contribution is -0.134. The van der Waals surface area contributed by atoms with E-state index in [0.29, 0.717) is 29.3 Å². The van der Waals surface area contributed by atoms with Gasteiger partial charge < -0.3 is 9.32 Å². The Hall–Kier alpha value is -2.02. The maximum atomic E-state index is 13.0. The minimum absolute atomic E-state index is 0.189. The van der Waals surface area contributed by atoms with Gasteiger partial charge in [-0.15, -0.1) is 16.8 Å². The van der Waals surface area contributed by atoms with Gasteiger partial charge in [0.1, 0.15) is 0 Å². The number of allylic oxidation sites excluding steroid dienone is 1. The van der Waals surface area contributed by atoms with Gasteiger partial charge in [0.15, 0.2) is 10.9 Å². The molecule has 3 heterocycles. The van der Waals surface area contributed by atoms with Crippen LogP contribution in [0.25, 0.3) is 11.6 Å². The summed E-state index contributed by atoms with van der Waals surface area (Å²) in [7, 11) is 0. The summed E-state index contributed by atoms with van der Waals surface area (Å²) in [6.07, 6.45) is 7.83. The summed E-state index contributed by atoms with van der Waals surface area (Å²) in [6, 6.07) is 4.04. The molecule has 0 aromatic carbocycles. The monoisotopic (exact) mass is 374 g/mol. The normalized spacial score (nSPS) is 18.7. The summed E-state index contributed by atoms with van der Waals surface area (Å²) in [5.74, 6) is 1.50. The van der Waals surface area contributed by atoms with Gasteiger partial charge in [-0.1, -0.05) is 24.8 Å². The summed E-state index contributed by atoms with van der Waals surface area (Å²) in [6.45, 7) is 9.35. The Bertz CT molecular complexity index is 741. The van der Waals surface area contributed by atoms with E-state index in [9.17, 15) is 4.79 Å². The molecule has 6 nitrogen and oxygen atoms in total. The Morgan fingerprint density at radius 1 is 1.50 bits per heavy atom. The second-order valence-corrected chi connectivity index (χ2v) is 7.84. The predicted octanol–water partition coefficient (Wildman–Crippen LogP) is 4.00. The number of hydrogen-bond donors (Lipinski definition) is 0. The number of piperidine rings is 1. The van der Waals surface area contributed by atoms with Crippen LogP contribution in [0.15, 0.2) is 40.6 Å². The molecule has 7 heteroatoms. The molecule has 1 aliphatic rings. The van der Waals surface area contributed by atoms with E-state index >= 15 is 0 Å². The van der Waals surface area contributed by atoms with Crippen LogP contribution in [0.3, 0.4) is 0 Å². The van der Waals surface area contributed by atoms with Crippen LogP contribution in [0, 0.1) is 0 Å². The average molecular weight is 375 g/mol. The Kier molecular flexibility index (Phi) is 6.19. The molecule has 0 spiro atoms. The molecule has 2 aromatic rings. The molecule has 0 aliphatic carbocycles. The molecule has 1 fully saturated rings. The molecule has 0 radical (unpaired) electrons. The number of furan rings is 1. The van der Waals surface area contributed by atoms with Crippen molar-refractivity contribution < 1.29 is 9.21 Å². The third-order valence-electron chi connectivity index (χ3n) is 4.78. The number of carbonyl (C=O) groups excluding carboxylic acids is 1. The van der Waals surface area contributed by atoms with Gasteiger partial charge in [-0.3, -0.25) is 9.36 Å². The van der Waals surface area contributed by atoms with Crippen LogP contribution in [-0.4, -0.2) is 43.4 Å². The highest BCUT2D eigenvalue weighted by Gasteiger charge is 2.30. The number of amides is 1. The van der Waals surface area contributed by atoms with E-state index in [1.807, 2.05) is 23.6 Å². The van der Waals surface area contributed by atoms with Gasteiger partial charge in [-0.2, -0.15) is 0 Å². The van der Waals surface area contributed by atoms with Crippen LogP contribution in [0.4, 0.5) is 0 Å². The first-order valence-electron chi connectivity index (χ1n) is 9.20. The van der Waals surface area contributed by atoms with Crippen LogP contribution < -0.4 is 0 Å². The van der Waals surface area contributed by atoms with Crippen molar-refractivity contribution in [2.24, 2.45) is 0 Å². The zero-order chi connectivity index (χ0) is 18.5. The van der Waals surface area contributed by atoms with E-state index in [1.54, 1.807) is 12.3 Å². The Labute approximate surface area is 158 Å². The van der Waals surface area contributed by atoms with E-state index < -0.39 is 0 Å². The average Bonchev–Trinajstić information content (AvgIpc) is 3.32. The van der Waals surface area contributed by atoms with Gasteiger partial charge in [0.25, 0.3) is 0 Å². The molecule has 0 saturated carbocycles. The minimum atomic E-state index is -0.209. The second-order valence-electron chi connectivity index (χ2n) is 6.53. The Morgan fingerprint density at radius 2 is 2.35 bits per heavy atom. The third kappa shape index (κ3) is 3.87. The minimum Gasteiger partial charge on any atom is -0.461 e. The van der Waals surface area contributed by atoms with Crippen molar-refractivity contribution in [1.82, 2.24) is 19.7 Å². The first kappa shape index (κ1) is 18.8. The van der Waals surface area contributed by atoms with Crippen LogP contribution in [0.2, 0.25) is 0 Å². The first-order valence-corrected chi connectivity index (χ1v) is 10.1. The van der Waals surface area contributed by atoms with Crippen molar-refractivity contribution in [3.63, 3.8) is 0 Å². The van der Waals surface area contributed by atoms with Crippen LogP contribution in [-0.2, 0) is 11.3 Å². The standard InChI is InChI=1S/C19H26N4O2S/c1-4-11-23-17(16-10-8-13-25-16)20-21-19(23)26-14(3)18(24)22-12-7-6-9-15(22)5-2/h4,8,10,13-15H,1,5-7,9,11-12H2,2-3H3. The number of rotatable bonds is 7. The number of hydrogen-bond acceptors (Lipinski definition) is 5. The highest BCUT2D eigenvalue weighted by molar-refractivity contribution is 8.00. The zero-order valence-corrected chi connectivity index (χ0v) is 16.2. The molecule has 140 valence electrons. The number of nitrogens with zero attached hydrogens (tertiary/aromatic N) is 4. The highest BCUT2D eigenvalue weighted by atomic mass is 32.2. The number of likely N-dealkylation sites (tertiary alicyclic amines) is 1. The molecule has 1 saturated heterocycles. The molecule has 1 aliphatic heterocycles. The van der Waals surface area contributed by atoms with Crippen molar-refractivity contribution in [2.45, 2.75) is 62.5 Å². The van der Waals surface area contributed by atoms with Crippen LogP contribution >= 0.6 is 11.8 Å². The third-order valence-corrected chi connectivity index (χ3v) is 5.85. The smallest absolute Gasteiger partial charge is 0.236 e. The first-order chi connectivity index (χ1) is 12.7. The summed E-state index contributed by atoms with van der Waals surface area (Å²) in [5, 5.41) is 9.06. The molecular weight excluding hydrogens is 348 g/mol. The summed E-state index contributed by atoms with van der Waals surface area (Å²) in [4.78, 5) is 15.0. The maximum absolute atomic E-state index is 13.0. The Balaban J connectivity index is 1.77. The lowest BCUT2D eigenvalue weighted by Gasteiger charge is -2.36. The van der Waals surface area contributed by atoms with E-state index in [0.717, 1.165) is 25.8 Å². The summed E-state index contributed by atoms with van der Waals surface area (Å²) < 4.78 is 7.39. The van der Waals surface area contributed by atoms with E-state index in [4.69, 9.17) is 4.42 Å². The molecule has 26 heavy (non-hydrogen) atoms. The SMILES string of the molecule is C=CCn1c(SC(C)C(=O)N2CCCCC2CC)nnc1-c1ccco1.